The van der Waals surface area contributed by atoms with E-state index < -0.39 is 5.97 Å². The first-order valence-electron chi connectivity index (χ1n) is 8.77. The molecule has 25 heavy (non-hydrogen) atoms. The molecule has 6 nitrogen and oxygen atoms in total. The molecule has 1 aliphatic rings. The standard InChI is InChI=1S/C19H26N2O4/c1-14(22)21(17-12-8-7-11-16(17)19(24)25-2)13-18(23)20-15-9-5-3-4-6-10-15/h7-8,11-12,15H,3-6,9-10,13H2,1-2H3,(H,20,23). The number of hydrogen-bond acceptors (Lipinski definition) is 4. The van der Waals surface area contributed by atoms with E-state index in [-0.39, 0.29) is 30.0 Å². The molecule has 1 aliphatic carbocycles. The number of carbonyl (C=O) groups is 3. The van der Waals surface area contributed by atoms with Gasteiger partial charge in [-0.2, -0.15) is 0 Å². The van der Waals surface area contributed by atoms with Gasteiger partial charge in [0.15, 0.2) is 0 Å². The van der Waals surface area contributed by atoms with Gasteiger partial charge < -0.3 is 15.0 Å². The molecular weight excluding hydrogens is 320 g/mol. The van der Waals surface area contributed by atoms with Crippen LogP contribution in [-0.2, 0) is 14.3 Å². The number of nitrogens with one attached hydrogen (secondary N) is 1. The summed E-state index contributed by atoms with van der Waals surface area (Å²) in [5.41, 5.74) is 0.653. The van der Waals surface area contributed by atoms with Crippen molar-refractivity contribution in [3.8, 4) is 0 Å². The molecule has 1 saturated carbocycles. The summed E-state index contributed by atoms with van der Waals surface area (Å²) >= 11 is 0. The number of amides is 2. The lowest BCUT2D eigenvalue weighted by Crippen LogP contribution is -2.44. The van der Waals surface area contributed by atoms with Gasteiger partial charge in [-0.3, -0.25) is 9.59 Å². The minimum absolute atomic E-state index is 0.111. The molecule has 0 saturated heterocycles. The van der Waals surface area contributed by atoms with Gasteiger partial charge in [0, 0.05) is 13.0 Å². The molecule has 1 N–H and O–H groups in total. The maximum Gasteiger partial charge on any atom is 0.339 e. The van der Waals surface area contributed by atoms with E-state index in [0.717, 1.165) is 25.7 Å². The van der Waals surface area contributed by atoms with Crippen molar-refractivity contribution in [3.63, 3.8) is 0 Å². The van der Waals surface area contributed by atoms with Crippen LogP contribution in [0.3, 0.4) is 0 Å². The maximum atomic E-state index is 12.4. The highest BCUT2D eigenvalue weighted by Gasteiger charge is 2.23. The predicted octanol–water partition coefficient (Wildman–Crippen LogP) is 2.67. The smallest absolute Gasteiger partial charge is 0.339 e. The summed E-state index contributed by atoms with van der Waals surface area (Å²) in [6.45, 7) is 1.27. The van der Waals surface area contributed by atoms with Crippen LogP contribution in [0.1, 0.15) is 55.8 Å². The maximum absolute atomic E-state index is 12.4. The summed E-state index contributed by atoms with van der Waals surface area (Å²) in [5, 5.41) is 3.03. The third-order valence-electron chi connectivity index (χ3n) is 4.50. The van der Waals surface area contributed by atoms with Crippen LogP contribution in [-0.4, -0.2) is 37.5 Å². The Morgan fingerprint density at radius 3 is 2.36 bits per heavy atom. The van der Waals surface area contributed by atoms with Crippen LogP contribution in [0.25, 0.3) is 0 Å². The average Bonchev–Trinajstić information content (AvgIpc) is 2.87. The summed E-state index contributed by atoms with van der Waals surface area (Å²) < 4.78 is 4.77. The lowest BCUT2D eigenvalue weighted by molar-refractivity contribution is -0.123. The van der Waals surface area contributed by atoms with E-state index in [0.29, 0.717) is 5.69 Å². The molecule has 0 heterocycles. The molecule has 0 spiro atoms. The highest BCUT2D eigenvalue weighted by molar-refractivity contribution is 6.04. The van der Waals surface area contributed by atoms with Gasteiger partial charge >= 0.3 is 5.97 Å². The lowest BCUT2D eigenvalue weighted by atomic mass is 10.1. The van der Waals surface area contributed by atoms with Crippen LogP contribution < -0.4 is 10.2 Å². The van der Waals surface area contributed by atoms with Crippen molar-refractivity contribution >= 4 is 23.5 Å². The zero-order chi connectivity index (χ0) is 18.2. The topological polar surface area (TPSA) is 75.7 Å². The molecule has 0 unspecified atom stereocenters. The summed E-state index contributed by atoms with van der Waals surface area (Å²) in [5.74, 6) is -1.04. The fourth-order valence-electron chi connectivity index (χ4n) is 3.20. The first-order valence-corrected chi connectivity index (χ1v) is 8.77. The quantitative estimate of drug-likeness (QED) is 0.657. The van der Waals surface area contributed by atoms with Crippen molar-refractivity contribution in [1.82, 2.24) is 5.32 Å². The van der Waals surface area contributed by atoms with Gasteiger partial charge in [-0.15, -0.1) is 0 Å². The Hall–Kier alpha value is -2.37. The van der Waals surface area contributed by atoms with E-state index >= 15 is 0 Å². The number of para-hydroxylation sites is 1. The van der Waals surface area contributed by atoms with Crippen LogP contribution >= 0.6 is 0 Å². The van der Waals surface area contributed by atoms with Gasteiger partial charge in [0.1, 0.15) is 6.54 Å². The Labute approximate surface area is 148 Å². The monoisotopic (exact) mass is 346 g/mol. The normalized spacial score (nSPS) is 15.1. The Balaban J connectivity index is 2.12. The Morgan fingerprint density at radius 1 is 1.12 bits per heavy atom. The van der Waals surface area contributed by atoms with Crippen LogP contribution in [0.5, 0.6) is 0 Å². The van der Waals surface area contributed by atoms with Crippen LogP contribution in [0.2, 0.25) is 0 Å². The number of methoxy groups -OCH3 is 1. The van der Waals surface area contributed by atoms with Crippen molar-refractivity contribution in [2.75, 3.05) is 18.6 Å². The Bertz CT molecular complexity index is 622. The van der Waals surface area contributed by atoms with E-state index in [1.54, 1.807) is 24.3 Å². The summed E-state index contributed by atoms with van der Waals surface area (Å²) in [7, 11) is 1.29. The summed E-state index contributed by atoms with van der Waals surface area (Å²) in [4.78, 5) is 37.8. The highest BCUT2D eigenvalue weighted by Crippen LogP contribution is 2.22. The summed E-state index contributed by atoms with van der Waals surface area (Å²) in [6.07, 6.45) is 6.60. The Morgan fingerprint density at radius 2 is 1.76 bits per heavy atom. The molecule has 1 aromatic carbocycles. The van der Waals surface area contributed by atoms with Gasteiger partial charge in [-0.05, 0) is 25.0 Å². The second kappa shape index (κ2) is 9.20. The molecule has 136 valence electrons. The van der Waals surface area contributed by atoms with Crippen molar-refractivity contribution in [1.29, 1.82) is 0 Å². The fraction of sp³-hybridized carbons (Fsp3) is 0.526. The van der Waals surface area contributed by atoms with E-state index in [2.05, 4.69) is 5.32 Å². The second-order valence-electron chi connectivity index (χ2n) is 6.37. The number of hydrogen-bond donors (Lipinski definition) is 1. The number of ether oxygens (including phenoxy) is 1. The van der Waals surface area contributed by atoms with Crippen LogP contribution in [0.15, 0.2) is 24.3 Å². The summed E-state index contributed by atoms with van der Waals surface area (Å²) in [6, 6.07) is 6.81. The molecule has 2 rings (SSSR count). The average molecular weight is 346 g/mol. The molecule has 0 aromatic heterocycles. The number of benzene rings is 1. The van der Waals surface area contributed by atoms with Gasteiger partial charge in [0.25, 0.3) is 0 Å². The number of rotatable bonds is 5. The van der Waals surface area contributed by atoms with E-state index in [4.69, 9.17) is 4.74 Å². The first-order chi connectivity index (χ1) is 12.0. The van der Waals surface area contributed by atoms with Gasteiger partial charge in [0.2, 0.25) is 11.8 Å². The van der Waals surface area contributed by atoms with Crippen molar-refractivity contribution in [3.05, 3.63) is 29.8 Å². The van der Waals surface area contributed by atoms with Crippen molar-refractivity contribution in [2.24, 2.45) is 0 Å². The lowest BCUT2D eigenvalue weighted by Gasteiger charge is -2.24. The molecule has 0 aliphatic heterocycles. The van der Waals surface area contributed by atoms with Gasteiger partial charge in [-0.1, -0.05) is 37.8 Å². The van der Waals surface area contributed by atoms with Crippen LogP contribution in [0.4, 0.5) is 5.69 Å². The number of esters is 1. The zero-order valence-corrected chi connectivity index (χ0v) is 14.9. The van der Waals surface area contributed by atoms with Crippen LogP contribution in [0, 0.1) is 0 Å². The van der Waals surface area contributed by atoms with E-state index in [1.165, 1.54) is 31.8 Å². The molecule has 1 fully saturated rings. The molecule has 0 atom stereocenters. The highest BCUT2D eigenvalue weighted by atomic mass is 16.5. The largest absolute Gasteiger partial charge is 0.465 e. The first kappa shape index (κ1) is 19.0. The molecule has 0 radical (unpaired) electrons. The number of carbonyl (C=O) groups excluding carboxylic acids is 3. The van der Waals surface area contributed by atoms with E-state index in [9.17, 15) is 14.4 Å². The van der Waals surface area contributed by atoms with Crippen molar-refractivity contribution in [2.45, 2.75) is 51.5 Å². The SMILES string of the molecule is COC(=O)c1ccccc1N(CC(=O)NC1CCCCCC1)C(C)=O. The van der Waals surface area contributed by atoms with Gasteiger partial charge in [-0.25, -0.2) is 4.79 Å². The third kappa shape index (κ3) is 5.31. The van der Waals surface area contributed by atoms with Crippen molar-refractivity contribution < 1.29 is 19.1 Å². The fourth-order valence-corrected chi connectivity index (χ4v) is 3.20. The molecule has 6 heteroatoms. The molecule has 0 bridgehead atoms. The second-order valence-corrected chi connectivity index (χ2v) is 6.37. The molecular formula is C19H26N2O4. The zero-order valence-electron chi connectivity index (χ0n) is 14.9. The number of anilines is 1. The van der Waals surface area contributed by atoms with E-state index in [1.807, 2.05) is 0 Å². The third-order valence-corrected chi connectivity index (χ3v) is 4.50. The number of nitrogens with zero attached hydrogens (tertiary/aromatic N) is 1. The van der Waals surface area contributed by atoms with Gasteiger partial charge in [0.05, 0.1) is 18.4 Å². The Kier molecular flexibility index (Phi) is 6.98. The predicted molar refractivity (Wildman–Crippen MR) is 95.4 cm³/mol. The minimum atomic E-state index is -0.536. The molecule has 2 amide bonds. The minimum Gasteiger partial charge on any atom is -0.465 e. The molecule has 1 aromatic rings.